The lowest BCUT2D eigenvalue weighted by Crippen LogP contribution is -2.04. The highest BCUT2D eigenvalue weighted by atomic mass is 32.5. The maximum Gasteiger partial charge on any atom is 0.319 e. The van der Waals surface area contributed by atoms with Gasteiger partial charge in [-0.15, -0.1) is 0 Å². The zero-order valence-electron chi connectivity index (χ0n) is 13.7. The lowest BCUT2D eigenvalue weighted by molar-refractivity contribution is 0.361. The van der Waals surface area contributed by atoms with E-state index >= 15 is 0 Å². The first-order chi connectivity index (χ1) is 9.54. The van der Waals surface area contributed by atoms with Crippen LogP contribution in [0.1, 0.15) is 48.0 Å². The van der Waals surface area contributed by atoms with Crippen molar-refractivity contribution in [3.63, 3.8) is 0 Å². The highest BCUT2D eigenvalue weighted by Gasteiger charge is 1.99. The second-order valence-electron chi connectivity index (χ2n) is 3.05. The topological polar surface area (TPSA) is 156 Å². The van der Waals surface area contributed by atoms with Gasteiger partial charge in [0.1, 0.15) is 9.84 Å². The molecule has 0 aromatic heterocycles. The molecule has 8 nitrogen and oxygen atoms in total. The summed E-state index contributed by atoms with van der Waals surface area (Å²) in [4.78, 5) is 45.3. The molecule has 0 saturated heterocycles. The molecule has 142 valence electrons. The molecular weight excluding hydrogens is 394 g/mol. The fraction of sp³-hybridized carbons (Fsp3) is 1.00. The molecule has 0 aliphatic rings. The summed E-state index contributed by atoms with van der Waals surface area (Å²) in [5.41, 5.74) is 0. The third kappa shape index (κ3) is 171. The van der Waals surface area contributed by atoms with Gasteiger partial charge in [-0.2, -0.15) is 0 Å². The second kappa shape index (κ2) is 20.1. The highest BCUT2D eigenvalue weighted by Crippen LogP contribution is 2.26. The molecule has 0 spiro atoms. The Hall–Kier alpha value is 1.01. The van der Waals surface area contributed by atoms with Crippen molar-refractivity contribution < 1.29 is 37.8 Å². The van der Waals surface area contributed by atoms with Crippen LogP contribution in [0.2, 0.25) is 0 Å². The smallest absolute Gasteiger partial charge is 0.319 e. The van der Waals surface area contributed by atoms with E-state index in [1.807, 2.05) is 13.8 Å². The standard InChI is InChI=1S/C4H10O2S.C3H8.C2H6.2H3O3PS/c1-3-7(5,6)4-2;1-3-2;1-2;2*1-4(2,3)5/h3-4H2,1-2H3;3H2,1-2H3;1-2H3;2*(H3,1,2,3,5). The number of hydrogen-bond acceptors (Lipinski definition) is 4. The van der Waals surface area contributed by atoms with E-state index < -0.39 is 23.3 Å². The van der Waals surface area contributed by atoms with E-state index in [0.29, 0.717) is 0 Å². The third-order valence-corrected chi connectivity index (χ3v) is 2.64. The first kappa shape index (κ1) is 34.4. The van der Waals surface area contributed by atoms with Crippen molar-refractivity contribution in [3.8, 4) is 0 Å². The quantitative estimate of drug-likeness (QED) is 0.357. The van der Waals surface area contributed by atoms with Crippen molar-refractivity contribution >= 4 is 46.9 Å². The van der Waals surface area contributed by atoms with E-state index in [-0.39, 0.29) is 11.5 Å². The van der Waals surface area contributed by atoms with E-state index in [4.69, 9.17) is 29.4 Å². The lowest BCUT2D eigenvalue weighted by atomic mass is 10.6. The van der Waals surface area contributed by atoms with Gasteiger partial charge in [-0.25, -0.2) is 8.42 Å². The van der Waals surface area contributed by atoms with Crippen LogP contribution in [0.4, 0.5) is 0 Å². The summed E-state index contributed by atoms with van der Waals surface area (Å²) < 4.78 is 20.7. The summed E-state index contributed by atoms with van der Waals surface area (Å²) >= 11 is 7.21. The molecule has 0 amide bonds. The van der Waals surface area contributed by atoms with Crippen LogP contribution in [0, 0.1) is 0 Å². The average molecular weight is 424 g/mol. The van der Waals surface area contributed by atoms with Gasteiger partial charge in [0.15, 0.2) is 0 Å². The molecular formula is C9H30O8P2S3. The van der Waals surface area contributed by atoms with Gasteiger partial charge in [0.05, 0.1) is 0 Å². The predicted octanol–water partition coefficient (Wildman–Crippen LogP) is 1.26. The Morgan fingerprint density at radius 1 is 0.727 bits per heavy atom. The van der Waals surface area contributed by atoms with Gasteiger partial charge in [0.25, 0.3) is 0 Å². The molecule has 0 radical (unpaired) electrons. The molecule has 0 aliphatic heterocycles. The van der Waals surface area contributed by atoms with E-state index in [1.165, 1.54) is 6.42 Å². The van der Waals surface area contributed by atoms with Crippen LogP contribution in [0.25, 0.3) is 0 Å². The largest absolute Gasteiger partial charge is 0.325 e. The predicted molar refractivity (Wildman–Crippen MR) is 99.2 cm³/mol. The van der Waals surface area contributed by atoms with E-state index in [9.17, 15) is 8.42 Å². The Bertz CT molecular complexity index is 341. The lowest BCUT2D eigenvalue weighted by Gasteiger charge is -1.89. The second-order valence-corrected chi connectivity index (χ2v) is 10.7. The minimum Gasteiger partial charge on any atom is -0.325 e. The van der Waals surface area contributed by atoms with Crippen LogP contribution in [0.5, 0.6) is 0 Å². The van der Waals surface area contributed by atoms with Gasteiger partial charge >= 0.3 is 13.4 Å². The molecule has 0 atom stereocenters. The minimum atomic E-state index is -3.81. The van der Waals surface area contributed by atoms with Gasteiger partial charge in [-0.1, -0.05) is 48.0 Å². The molecule has 22 heavy (non-hydrogen) atoms. The Kier molecular flexibility index (Phi) is 31.3. The summed E-state index contributed by atoms with van der Waals surface area (Å²) in [5.74, 6) is 0.535. The first-order valence-electron chi connectivity index (χ1n) is 6.30. The van der Waals surface area contributed by atoms with Crippen LogP contribution in [-0.2, 0) is 33.5 Å². The molecule has 0 rings (SSSR count). The Morgan fingerprint density at radius 2 is 0.818 bits per heavy atom. The minimum absolute atomic E-state index is 0.267. The average Bonchev–Trinajstić information content (AvgIpc) is 2.28. The zero-order valence-corrected chi connectivity index (χ0v) is 18.0. The fourth-order valence-corrected chi connectivity index (χ4v) is 0.612. The van der Waals surface area contributed by atoms with Gasteiger partial charge in [-0.05, 0) is 23.6 Å². The van der Waals surface area contributed by atoms with Crippen LogP contribution in [-0.4, -0.2) is 49.3 Å². The zero-order chi connectivity index (χ0) is 19.6. The van der Waals surface area contributed by atoms with Crippen LogP contribution in [0.3, 0.4) is 0 Å². The van der Waals surface area contributed by atoms with Crippen molar-refractivity contribution in [1.29, 1.82) is 0 Å². The molecule has 0 bridgehead atoms. The molecule has 0 aromatic rings. The van der Waals surface area contributed by atoms with Crippen LogP contribution in [0.15, 0.2) is 0 Å². The van der Waals surface area contributed by atoms with E-state index in [2.05, 4.69) is 37.5 Å². The summed E-state index contributed by atoms with van der Waals surface area (Å²) in [6.45, 7) is 3.94. The number of rotatable bonds is 2. The van der Waals surface area contributed by atoms with Gasteiger partial charge in [0.2, 0.25) is 0 Å². The van der Waals surface area contributed by atoms with Gasteiger partial charge < -0.3 is 29.4 Å². The number of sulfone groups is 1. The Labute approximate surface area is 144 Å². The molecule has 6 N–H and O–H groups in total. The third-order valence-electron chi connectivity index (χ3n) is 0.880. The highest BCUT2D eigenvalue weighted by molar-refractivity contribution is 8.06. The number of hydrogen-bond donors (Lipinski definition) is 6. The monoisotopic (exact) mass is 424 g/mol. The molecule has 0 aliphatic carbocycles. The molecule has 0 unspecified atom stereocenters. The van der Waals surface area contributed by atoms with Crippen molar-refractivity contribution in [2.24, 2.45) is 0 Å². The maximum atomic E-state index is 10.4. The van der Waals surface area contributed by atoms with Gasteiger partial charge in [0, 0.05) is 11.5 Å². The molecule has 0 aromatic carbocycles. The van der Waals surface area contributed by atoms with Crippen molar-refractivity contribution in [1.82, 2.24) is 0 Å². The summed E-state index contributed by atoms with van der Waals surface area (Å²) in [5, 5.41) is 0. The maximum absolute atomic E-state index is 10.4. The van der Waals surface area contributed by atoms with Crippen molar-refractivity contribution in [2.75, 3.05) is 11.5 Å². The molecule has 0 saturated carbocycles. The van der Waals surface area contributed by atoms with Crippen LogP contribution < -0.4 is 0 Å². The molecule has 13 heteroatoms. The van der Waals surface area contributed by atoms with Crippen molar-refractivity contribution in [2.45, 2.75) is 48.0 Å². The first-order valence-corrected chi connectivity index (χ1v) is 13.4. The SMILES string of the molecule is CC.CCC.CCS(=O)(=O)CC.OP(O)(O)=S.OP(O)(O)=S. The van der Waals surface area contributed by atoms with Crippen LogP contribution >= 0.6 is 13.4 Å². The molecule has 0 fully saturated rings. The Balaban J connectivity index is -0.0000000581. The molecule has 0 heterocycles. The Morgan fingerprint density at radius 3 is 0.818 bits per heavy atom. The summed E-state index contributed by atoms with van der Waals surface area (Å²) in [6, 6.07) is 0. The van der Waals surface area contributed by atoms with E-state index in [0.717, 1.165) is 0 Å². The van der Waals surface area contributed by atoms with E-state index in [1.54, 1.807) is 13.8 Å². The summed E-state index contributed by atoms with van der Waals surface area (Å²) in [6.07, 6.45) is 1.25. The fourth-order valence-electron chi connectivity index (χ4n) is 0.204. The normalized spacial score (nSPS) is 10.2. The van der Waals surface area contributed by atoms with Crippen molar-refractivity contribution in [3.05, 3.63) is 0 Å². The van der Waals surface area contributed by atoms with Gasteiger partial charge in [-0.3, -0.25) is 0 Å². The summed E-state index contributed by atoms with van der Waals surface area (Å²) in [7, 11) is -2.66.